The summed E-state index contributed by atoms with van der Waals surface area (Å²) in [6.07, 6.45) is 0. The van der Waals surface area contributed by atoms with Crippen molar-refractivity contribution in [2.75, 3.05) is 24.8 Å². The first-order valence-corrected chi connectivity index (χ1v) is 9.37. The second-order valence-corrected chi connectivity index (χ2v) is 7.71. The van der Waals surface area contributed by atoms with E-state index in [2.05, 4.69) is 46.8 Å². The van der Waals surface area contributed by atoms with Crippen molar-refractivity contribution >= 4 is 39.8 Å². The normalized spacial score (nSPS) is 12.0. The number of carbonyl (C=O) groups excluding carboxylic acids is 1. The van der Waals surface area contributed by atoms with E-state index in [4.69, 9.17) is 4.74 Å². The van der Waals surface area contributed by atoms with Gasteiger partial charge in [-0.1, -0.05) is 29.2 Å². The van der Waals surface area contributed by atoms with Crippen LogP contribution in [0, 0.1) is 13.8 Å². The van der Waals surface area contributed by atoms with Gasteiger partial charge in [-0.05, 0) is 44.0 Å². The fourth-order valence-corrected chi connectivity index (χ4v) is 3.58. The van der Waals surface area contributed by atoms with E-state index in [0.717, 1.165) is 10.0 Å². The summed E-state index contributed by atoms with van der Waals surface area (Å²) in [6.45, 7) is 6.56. The molecule has 2 N–H and O–H groups in total. The van der Waals surface area contributed by atoms with E-state index >= 15 is 0 Å². The topological polar surface area (TPSA) is 76.1 Å². The number of aryl methyl sites for hydroxylation is 2. The summed E-state index contributed by atoms with van der Waals surface area (Å²) in [5.74, 6) is 0.273. The van der Waals surface area contributed by atoms with Crippen LogP contribution in [0.4, 0.5) is 10.8 Å². The van der Waals surface area contributed by atoms with Crippen molar-refractivity contribution in [3.05, 3.63) is 29.3 Å². The Morgan fingerprint density at radius 1 is 1.33 bits per heavy atom. The number of nitrogens with zero attached hydrogens (tertiary/aromatic N) is 2. The Hall–Kier alpha value is -1.64. The van der Waals surface area contributed by atoms with Crippen molar-refractivity contribution in [1.82, 2.24) is 15.5 Å². The van der Waals surface area contributed by atoms with Gasteiger partial charge in [0, 0.05) is 18.8 Å². The lowest BCUT2D eigenvalue weighted by Gasteiger charge is -2.11. The van der Waals surface area contributed by atoms with E-state index in [1.807, 2.05) is 13.0 Å². The second kappa shape index (κ2) is 9.00. The fraction of sp³-hybridized carbons (Fsp3) is 0.438. The number of methoxy groups -OCH3 is 1. The minimum absolute atomic E-state index is 0.000440. The summed E-state index contributed by atoms with van der Waals surface area (Å²) in [7, 11) is 1.61. The molecular weight excluding hydrogens is 344 g/mol. The molecule has 0 spiro atoms. The number of nitrogens with one attached hydrogen (secondary N) is 2. The lowest BCUT2D eigenvalue weighted by atomic mass is 10.1. The van der Waals surface area contributed by atoms with E-state index in [1.54, 1.807) is 7.11 Å². The number of ether oxygens (including phenoxy) is 1. The van der Waals surface area contributed by atoms with Crippen LogP contribution in [0.3, 0.4) is 0 Å². The predicted octanol–water partition coefficient (Wildman–Crippen LogP) is 3.14. The number of rotatable bonds is 8. The minimum atomic E-state index is -0.0385. The van der Waals surface area contributed by atoms with Gasteiger partial charge in [0.2, 0.25) is 11.0 Å². The molecule has 0 saturated carbocycles. The quantitative estimate of drug-likeness (QED) is 0.699. The third-order valence-electron chi connectivity index (χ3n) is 3.32. The molecule has 0 aliphatic heterocycles. The molecule has 6 nitrogen and oxygen atoms in total. The van der Waals surface area contributed by atoms with Crippen molar-refractivity contribution in [2.45, 2.75) is 31.2 Å². The summed E-state index contributed by atoms with van der Waals surface area (Å²) in [5, 5.41) is 15.0. The fourth-order valence-electron chi connectivity index (χ4n) is 2.00. The zero-order valence-corrected chi connectivity index (χ0v) is 15.9. The highest BCUT2D eigenvalue weighted by Crippen LogP contribution is 2.28. The van der Waals surface area contributed by atoms with Crippen LogP contribution >= 0.6 is 23.1 Å². The molecular formula is C16H22N4O2S2. The highest BCUT2D eigenvalue weighted by Gasteiger charge is 2.10. The van der Waals surface area contributed by atoms with Gasteiger partial charge in [-0.2, -0.15) is 0 Å². The van der Waals surface area contributed by atoms with E-state index in [-0.39, 0.29) is 11.9 Å². The molecule has 0 radical (unpaired) electrons. The molecule has 24 heavy (non-hydrogen) atoms. The largest absolute Gasteiger partial charge is 0.383 e. The second-order valence-electron chi connectivity index (χ2n) is 5.51. The number of thioether (sulfide) groups is 1. The molecule has 130 valence electrons. The molecule has 1 amide bonds. The monoisotopic (exact) mass is 366 g/mol. The highest BCUT2D eigenvalue weighted by molar-refractivity contribution is 8.01. The lowest BCUT2D eigenvalue weighted by molar-refractivity contribution is -0.119. The van der Waals surface area contributed by atoms with Gasteiger partial charge in [0.05, 0.1) is 12.4 Å². The molecule has 1 atom stereocenters. The van der Waals surface area contributed by atoms with Crippen molar-refractivity contribution in [3.8, 4) is 0 Å². The first-order chi connectivity index (χ1) is 11.5. The molecule has 2 rings (SSSR count). The molecule has 0 aliphatic carbocycles. The van der Waals surface area contributed by atoms with Crippen LogP contribution in [0.5, 0.6) is 0 Å². The van der Waals surface area contributed by atoms with Crippen molar-refractivity contribution in [2.24, 2.45) is 0 Å². The van der Waals surface area contributed by atoms with Gasteiger partial charge >= 0.3 is 0 Å². The van der Waals surface area contributed by atoms with Crippen LogP contribution in [0.15, 0.2) is 22.5 Å². The lowest BCUT2D eigenvalue weighted by Crippen LogP contribution is -2.36. The maximum atomic E-state index is 11.8. The summed E-state index contributed by atoms with van der Waals surface area (Å²) < 4.78 is 5.75. The Balaban J connectivity index is 1.84. The number of anilines is 2. The van der Waals surface area contributed by atoms with E-state index in [1.165, 1.54) is 34.2 Å². The van der Waals surface area contributed by atoms with Crippen LogP contribution < -0.4 is 10.6 Å². The highest BCUT2D eigenvalue weighted by atomic mass is 32.2. The summed E-state index contributed by atoms with van der Waals surface area (Å²) in [4.78, 5) is 11.8. The number of hydrogen-bond acceptors (Lipinski definition) is 7. The summed E-state index contributed by atoms with van der Waals surface area (Å²) >= 11 is 2.81. The average Bonchev–Trinajstić information content (AvgIpc) is 2.97. The van der Waals surface area contributed by atoms with Crippen LogP contribution in [-0.4, -0.2) is 41.6 Å². The van der Waals surface area contributed by atoms with Gasteiger partial charge in [-0.25, -0.2) is 0 Å². The van der Waals surface area contributed by atoms with E-state index in [9.17, 15) is 4.79 Å². The van der Waals surface area contributed by atoms with Crippen molar-refractivity contribution < 1.29 is 9.53 Å². The Kier molecular flexibility index (Phi) is 7.01. The molecule has 1 aromatic carbocycles. The van der Waals surface area contributed by atoms with Crippen LogP contribution in [0.2, 0.25) is 0 Å². The van der Waals surface area contributed by atoms with Gasteiger partial charge in [0.1, 0.15) is 0 Å². The summed E-state index contributed by atoms with van der Waals surface area (Å²) in [5.41, 5.74) is 3.46. The molecule has 2 aromatic rings. The first-order valence-electron chi connectivity index (χ1n) is 7.57. The molecule has 8 heteroatoms. The Labute approximate surface area is 150 Å². The van der Waals surface area contributed by atoms with Crippen molar-refractivity contribution in [3.63, 3.8) is 0 Å². The maximum absolute atomic E-state index is 11.8. The predicted molar refractivity (Wildman–Crippen MR) is 99.3 cm³/mol. The van der Waals surface area contributed by atoms with Gasteiger partial charge in [-0.3, -0.25) is 4.79 Å². The van der Waals surface area contributed by atoms with Crippen LogP contribution in [0.1, 0.15) is 18.1 Å². The minimum Gasteiger partial charge on any atom is -0.383 e. The SMILES string of the molecule is COCC(C)NC(=O)CSc1nnc(Nc2ccc(C)c(C)c2)s1. The number of benzene rings is 1. The Morgan fingerprint density at radius 2 is 2.12 bits per heavy atom. The van der Waals surface area contributed by atoms with E-state index in [0.29, 0.717) is 17.5 Å². The van der Waals surface area contributed by atoms with Crippen molar-refractivity contribution in [1.29, 1.82) is 0 Å². The average molecular weight is 367 g/mol. The van der Waals surface area contributed by atoms with Gasteiger partial charge in [0.15, 0.2) is 4.34 Å². The van der Waals surface area contributed by atoms with Gasteiger partial charge in [-0.15, -0.1) is 10.2 Å². The van der Waals surface area contributed by atoms with Crippen LogP contribution in [-0.2, 0) is 9.53 Å². The first kappa shape index (κ1) is 18.7. The molecule has 1 heterocycles. The molecule has 0 aliphatic rings. The number of aromatic nitrogens is 2. The van der Waals surface area contributed by atoms with Gasteiger partial charge < -0.3 is 15.4 Å². The molecule has 1 unspecified atom stereocenters. The number of hydrogen-bond donors (Lipinski definition) is 2. The Bertz CT molecular complexity index is 690. The van der Waals surface area contributed by atoms with Gasteiger partial charge in [0.25, 0.3) is 0 Å². The van der Waals surface area contributed by atoms with Crippen LogP contribution in [0.25, 0.3) is 0 Å². The number of amides is 1. The third-order valence-corrected chi connectivity index (χ3v) is 5.29. The maximum Gasteiger partial charge on any atom is 0.230 e. The zero-order valence-electron chi connectivity index (χ0n) is 14.3. The molecule has 1 aromatic heterocycles. The third kappa shape index (κ3) is 5.77. The molecule has 0 bridgehead atoms. The summed E-state index contributed by atoms with van der Waals surface area (Å²) in [6, 6.07) is 6.16. The molecule has 0 fully saturated rings. The smallest absolute Gasteiger partial charge is 0.230 e. The standard InChI is InChI=1S/C16H22N4O2S2/c1-10-5-6-13(7-11(10)2)18-15-19-20-16(24-15)23-9-14(21)17-12(3)8-22-4/h5-7,12H,8-9H2,1-4H3,(H,17,21)(H,18,19). The zero-order chi connectivity index (χ0) is 17.5. The Morgan fingerprint density at radius 3 is 2.83 bits per heavy atom. The number of carbonyl (C=O) groups is 1. The van der Waals surface area contributed by atoms with E-state index < -0.39 is 0 Å². The molecule has 0 saturated heterocycles.